The molecule has 0 radical (unpaired) electrons. The summed E-state index contributed by atoms with van der Waals surface area (Å²) in [6.45, 7) is 2.09. The lowest BCUT2D eigenvalue weighted by Gasteiger charge is -2.07. The van der Waals surface area contributed by atoms with Gasteiger partial charge in [0.25, 0.3) is 0 Å². The van der Waals surface area contributed by atoms with Gasteiger partial charge in [-0.1, -0.05) is 0 Å². The second-order valence-corrected chi connectivity index (χ2v) is 2.50. The van der Waals surface area contributed by atoms with E-state index in [1.165, 1.54) is 0 Å². The Balaban J connectivity index is 2.72. The van der Waals surface area contributed by atoms with Gasteiger partial charge in [0.2, 0.25) is 0 Å². The number of hydrogen-bond donors (Lipinski definition) is 1. The second kappa shape index (κ2) is 3.97. The Labute approximate surface area is 71.5 Å². The summed E-state index contributed by atoms with van der Waals surface area (Å²) in [6, 6.07) is 4.94. The smallest absolute Gasteiger partial charge is 0.188 e. The van der Waals surface area contributed by atoms with Crippen molar-refractivity contribution in [3.05, 3.63) is 23.8 Å². The van der Waals surface area contributed by atoms with E-state index in [0.717, 1.165) is 11.3 Å². The summed E-state index contributed by atoms with van der Waals surface area (Å²) in [7, 11) is 1.57. The van der Waals surface area contributed by atoms with Crippen LogP contribution in [-0.4, -0.2) is 19.0 Å². The van der Waals surface area contributed by atoms with Gasteiger partial charge in [0.1, 0.15) is 11.5 Å². The van der Waals surface area contributed by atoms with Gasteiger partial charge in [-0.15, -0.1) is 0 Å². The number of hydrogen-bond acceptors (Lipinski definition) is 3. The molecule has 0 unspecified atom stereocenters. The zero-order valence-electron chi connectivity index (χ0n) is 7.20. The molecule has 0 bridgehead atoms. The normalized spacial score (nSPS) is 9.83. The van der Waals surface area contributed by atoms with Crippen LogP contribution in [0.5, 0.6) is 11.5 Å². The molecule has 12 heavy (non-hydrogen) atoms. The fraction of sp³-hybridized carbons (Fsp3) is 0.333. The second-order valence-electron chi connectivity index (χ2n) is 2.50. The third kappa shape index (κ3) is 2.13. The number of aromatic hydroxyl groups is 1. The summed E-state index contributed by atoms with van der Waals surface area (Å²) in [5.74, 6) is 0.979. The van der Waals surface area contributed by atoms with Crippen molar-refractivity contribution in [1.29, 1.82) is 0 Å². The van der Waals surface area contributed by atoms with Gasteiger partial charge in [-0.05, 0) is 30.7 Å². The first-order valence-corrected chi connectivity index (χ1v) is 3.65. The summed E-state index contributed by atoms with van der Waals surface area (Å²) in [6.07, 6.45) is 0. The number of benzene rings is 1. The highest BCUT2D eigenvalue weighted by Crippen LogP contribution is 2.21. The highest BCUT2D eigenvalue weighted by molar-refractivity contribution is 5.38. The average molecular weight is 168 g/mol. The molecular weight excluding hydrogens is 156 g/mol. The summed E-state index contributed by atoms with van der Waals surface area (Å²) in [4.78, 5) is 0. The fourth-order valence-electron chi connectivity index (χ4n) is 0.918. The monoisotopic (exact) mass is 168 g/mol. The lowest BCUT2D eigenvalue weighted by molar-refractivity contribution is 0.0506. The molecule has 0 aliphatic heterocycles. The molecule has 1 rings (SSSR count). The Morgan fingerprint density at radius 2 is 2.17 bits per heavy atom. The standard InChI is InChI=1S/C9H12O3/c1-7-5-8(10)3-4-9(7)12-6-11-2/h3-5,10H,6H2,1-2H3. The molecular formula is C9H12O3. The van der Waals surface area contributed by atoms with Gasteiger partial charge in [-0.25, -0.2) is 0 Å². The van der Waals surface area contributed by atoms with Gasteiger partial charge in [0.05, 0.1) is 0 Å². The third-order valence-corrected chi connectivity index (χ3v) is 1.49. The molecule has 0 aliphatic carbocycles. The van der Waals surface area contributed by atoms with Crippen LogP contribution >= 0.6 is 0 Å². The minimum absolute atomic E-state index is 0.228. The van der Waals surface area contributed by atoms with Crippen LogP contribution in [0.15, 0.2) is 18.2 Å². The maximum absolute atomic E-state index is 9.08. The van der Waals surface area contributed by atoms with E-state index in [2.05, 4.69) is 0 Å². The summed E-state index contributed by atoms with van der Waals surface area (Å²) >= 11 is 0. The Morgan fingerprint density at radius 1 is 1.42 bits per heavy atom. The van der Waals surface area contributed by atoms with E-state index < -0.39 is 0 Å². The lowest BCUT2D eigenvalue weighted by atomic mass is 10.2. The van der Waals surface area contributed by atoms with Crippen LogP contribution in [0, 0.1) is 6.92 Å². The van der Waals surface area contributed by atoms with Crippen LogP contribution in [0.4, 0.5) is 0 Å². The molecule has 0 amide bonds. The summed E-state index contributed by atoms with van der Waals surface area (Å²) < 4.78 is 9.95. The molecule has 0 saturated heterocycles. The topological polar surface area (TPSA) is 38.7 Å². The summed E-state index contributed by atoms with van der Waals surface area (Å²) in [5.41, 5.74) is 0.895. The van der Waals surface area contributed by atoms with Crippen LogP contribution < -0.4 is 4.74 Å². The van der Waals surface area contributed by atoms with Gasteiger partial charge in [-0.3, -0.25) is 0 Å². The number of phenolic OH excluding ortho intramolecular Hbond substituents is 1. The molecule has 0 fully saturated rings. The largest absolute Gasteiger partial charge is 0.508 e. The van der Waals surface area contributed by atoms with Crippen LogP contribution in [0.2, 0.25) is 0 Å². The highest BCUT2D eigenvalue weighted by Gasteiger charge is 1.98. The lowest BCUT2D eigenvalue weighted by Crippen LogP contribution is -1.99. The first-order chi connectivity index (χ1) is 5.74. The van der Waals surface area contributed by atoms with E-state index in [1.54, 1.807) is 25.3 Å². The molecule has 0 spiro atoms. The molecule has 0 aromatic heterocycles. The number of rotatable bonds is 3. The zero-order valence-corrected chi connectivity index (χ0v) is 7.20. The van der Waals surface area contributed by atoms with Gasteiger partial charge < -0.3 is 14.6 Å². The van der Waals surface area contributed by atoms with E-state index in [4.69, 9.17) is 14.6 Å². The molecule has 3 nitrogen and oxygen atoms in total. The highest BCUT2D eigenvalue weighted by atomic mass is 16.7. The number of methoxy groups -OCH3 is 1. The van der Waals surface area contributed by atoms with Crippen molar-refractivity contribution in [2.24, 2.45) is 0 Å². The number of phenols is 1. The number of ether oxygens (including phenoxy) is 2. The van der Waals surface area contributed by atoms with Crippen LogP contribution in [0.1, 0.15) is 5.56 Å². The van der Waals surface area contributed by atoms with Gasteiger partial charge in [0, 0.05) is 7.11 Å². The van der Waals surface area contributed by atoms with Crippen LogP contribution in [0.25, 0.3) is 0 Å². The third-order valence-electron chi connectivity index (χ3n) is 1.49. The molecule has 0 saturated carbocycles. The minimum Gasteiger partial charge on any atom is -0.508 e. The van der Waals surface area contributed by atoms with Crippen molar-refractivity contribution in [2.45, 2.75) is 6.92 Å². The van der Waals surface area contributed by atoms with E-state index in [-0.39, 0.29) is 12.5 Å². The molecule has 66 valence electrons. The van der Waals surface area contributed by atoms with Crippen molar-refractivity contribution in [2.75, 3.05) is 13.9 Å². The first-order valence-electron chi connectivity index (χ1n) is 3.65. The van der Waals surface area contributed by atoms with E-state index >= 15 is 0 Å². The Hall–Kier alpha value is -1.22. The molecule has 1 N–H and O–H groups in total. The minimum atomic E-state index is 0.228. The summed E-state index contributed by atoms with van der Waals surface area (Å²) in [5, 5.41) is 9.08. The van der Waals surface area contributed by atoms with Crippen molar-refractivity contribution >= 4 is 0 Å². The van der Waals surface area contributed by atoms with Crippen molar-refractivity contribution in [3.8, 4) is 11.5 Å². The molecule has 3 heteroatoms. The SMILES string of the molecule is COCOc1ccc(O)cc1C. The van der Waals surface area contributed by atoms with E-state index in [9.17, 15) is 0 Å². The predicted octanol–water partition coefficient (Wildman–Crippen LogP) is 1.68. The van der Waals surface area contributed by atoms with Gasteiger partial charge >= 0.3 is 0 Å². The molecule has 0 atom stereocenters. The Kier molecular flexibility index (Phi) is 2.94. The maximum atomic E-state index is 9.08. The first kappa shape index (κ1) is 8.87. The quantitative estimate of drug-likeness (QED) is 0.698. The van der Waals surface area contributed by atoms with E-state index in [1.807, 2.05) is 6.92 Å². The number of aryl methyl sites for hydroxylation is 1. The van der Waals surface area contributed by atoms with Crippen LogP contribution in [0.3, 0.4) is 0 Å². The zero-order chi connectivity index (χ0) is 8.97. The Morgan fingerprint density at radius 3 is 2.75 bits per heavy atom. The Bertz CT molecular complexity index is 258. The molecule has 0 heterocycles. The average Bonchev–Trinajstić information content (AvgIpc) is 2.03. The van der Waals surface area contributed by atoms with Crippen molar-refractivity contribution < 1.29 is 14.6 Å². The van der Waals surface area contributed by atoms with E-state index in [0.29, 0.717) is 0 Å². The van der Waals surface area contributed by atoms with Gasteiger partial charge in [0.15, 0.2) is 6.79 Å². The maximum Gasteiger partial charge on any atom is 0.188 e. The van der Waals surface area contributed by atoms with Crippen LogP contribution in [-0.2, 0) is 4.74 Å². The molecule has 0 aliphatic rings. The molecule has 1 aromatic carbocycles. The van der Waals surface area contributed by atoms with Crippen molar-refractivity contribution in [3.63, 3.8) is 0 Å². The van der Waals surface area contributed by atoms with Gasteiger partial charge in [-0.2, -0.15) is 0 Å². The fourth-order valence-corrected chi connectivity index (χ4v) is 0.918. The molecule has 1 aromatic rings. The predicted molar refractivity (Wildman–Crippen MR) is 45.3 cm³/mol. The van der Waals surface area contributed by atoms with Crippen molar-refractivity contribution in [1.82, 2.24) is 0 Å².